The first-order chi connectivity index (χ1) is 8.27. The van der Waals surface area contributed by atoms with Crippen LogP contribution in [0.1, 0.15) is 17.8 Å². The minimum Gasteiger partial charge on any atom is -0.347 e. The zero-order valence-electron chi connectivity index (χ0n) is 9.95. The van der Waals surface area contributed by atoms with Crippen LogP contribution in [-0.4, -0.2) is 9.55 Å². The topological polar surface area (TPSA) is 17.8 Å². The molecule has 2 aromatic heterocycles. The van der Waals surface area contributed by atoms with Gasteiger partial charge in [0.2, 0.25) is 0 Å². The van der Waals surface area contributed by atoms with Crippen LogP contribution >= 0.6 is 0 Å². The van der Waals surface area contributed by atoms with Crippen LogP contribution in [0.2, 0.25) is 0 Å². The van der Waals surface area contributed by atoms with E-state index < -0.39 is 0 Å². The zero-order chi connectivity index (χ0) is 11.6. The first-order valence-electron chi connectivity index (χ1n) is 6.15. The molecule has 0 atom stereocenters. The van der Waals surface area contributed by atoms with Crippen LogP contribution in [0.15, 0.2) is 18.2 Å². The SMILES string of the molecule is C=c1nc2c3c(n(C)c4cccc1c34)CCC2. The second-order valence-electron chi connectivity index (χ2n) is 4.94. The van der Waals surface area contributed by atoms with Gasteiger partial charge in [-0.2, -0.15) is 0 Å². The number of rotatable bonds is 0. The molecule has 1 aliphatic rings. The van der Waals surface area contributed by atoms with Crippen molar-refractivity contribution in [3.05, 3.63) is 34.9 Å². The van der Waals surface area contributed by atoms with Crippen molar-refractivity contribution in [3.63, 3.8) is 0 Å². The van der Waals surface area contributed by atoms with Gasteiger partial charge in [0, 0.05) is 34.4 Å². The molecule has 2 heteroatoms. The number of nitrogens with zero attached hydrogens (tertiary/aromatic N) is 2. The summed E-state index contributed by atoms with van der Waals surface area (Å²) in [4.78, 5) is 4.70. The van der Waals surface area contributed by atoms with E-state index in [9.17, 15) is 0 Å². The maximum atomic E-state index is 4.70. The van der Waals surface area contributed by atoms with Gasteiger partial charge in [0.25, 0.3) is 0 Å². The van der Waals surface area contributed by atoms with Crippen LogP contribution in [0.25, 0.3) is 28.3 Å². The van der Waals surface area contributed by atoms with Gasteiger partial charge in [-0.15, -0.1) is 0 Å². The molecule has 4 rings (SSSR count). The predicted octanol–water partition coefficient (Wildman–Crippen LogP) is 2.34. The molecule has 0 radical (unpaired) electrons. The summed E-state index contributed by atoms with van der Waals surface area (Å²) in [6.45, 7) is 4.10. The van der Waals surface area contributed by atoms with Crippen LogP contribution in [0, 0.1) is 0 Å². The van der Waals surface area contributed by atoms with Gasteiger partial charge in [-0.05, 0) is 25.3 Å². The van der Waals surface area contributed by atoms with Crippen LogP contribution < -0.4 is 5.35 Å². The fraction of sp³-hybridized carbons (Fsp3) is 0.267. The Hall–Kier alpha value is -1.83. The van der Waals surface area contributed by atoms with Crippen molar-refractivity contribution in [2.75, 3.05) is 0 Å². The second kappa shape index (κ2) is 2.89. The summed E-state index contributed by atoms with van der Waals surface area (Å²) in [6.07, 6.45) is 3.48. The van der Waals surface area contributed by atoms with Gasteiger partial charge < -0.3 is 4.57 Å². The summed E-state index contributed by atoms with van der Waals surface area (Å²) < 4.78 is 2.33. The average molecular weight is 222 g/mol. The Labute approximate surface area is 99.6 Å². The molecule has 0 spiro atoms. The fourth-order valence-corrected chi connectivity index (χ4v) is 3.27. The van der Waals surface area contributed by atoms with Crippen LogP contribution in [0.3, 0.4) is 0 Å². The average Bonchev–Trinajstić information content (AvgIpc) is 2.64. The highest BCUT2D eigenvalue weighted by molar-refractivity contribution is 6.12. The third kappa shape index (κ3) is 0.985. The summed E-state index contributed by atoms with van der Waals surface area (Å²) in [7, 11) is 2.17. The van der Waals surface area contributed by atoms with Crippen LogP contribution in [0.5, 0.6) is 0 Å². The fourth-order valence-electron chi connectivity index (χ4n) is 3.27. The lowest BCUT2D eigenvalue weighted by Crippen LogP contribution is -2.12. The number of benzene rings is 1. The van der Waals surface area contributed by atoms with Gasteiger partial charge in [-0.3, -0.25) is 4.98 Å². The molecule has 3 aromatic rings. The summed E-state index contributed by atoms with van der Waals surface area (Å²) in [5.41, 5.74) is 4.02. The third-order valence-electron chi connectivity index (χ3n) is 4.04. The van der Waals surface area contributed by atoms with Crippen molar-refractivity contribution in [3.8, 4) is 0 Å². The van der Waals surface area contributed by atoms with E-state index >= 15 is 0 Å². The normalized spacial score (nSPS) is 14.9. The van der Waals surface area contributed by atoms with Crippen molar-refractivity contribution in [1.82, 2.24) is 9.55 Å². The lowest BCUT2D eigenvalue weighted by Gasteiger charge is -2.13. The van der Waals surface area contributed by atoms with E-state index in [-0.39, 0.29) is 0 Å². The summed E-state index contributed by atoms with van der Waals surface area (Å²) >= 11 is 0. The molecule has 2 nitrogen and oxygen atoms in total. The van der Waals surface area contributed by atoms with E-state index in [2.05, 4.69) is 36.4 Å². The minimum atomic E-state index is 0.928. The highest BCUT2D eigenvalue weighted by Gasteiger charge is 2.21. The van der Waals surface area contributed by atoms with E-state index in [1.165, 1.54) is 45.9 Å². The van der Waals surface area contributed by atoms with Crippen molar-refractivity contribution < 1.29 is 0 Å². The molecule has 0 fully saturated rings. The van der Waals surface area contributed by atoms with Crippen LogP contribution in [-0.2, 0) is 19.9 Å². The van der Waals surface area contributed by atoms with Crippen molar-refractivity contribution in [2.45, 2.75) is 19.3 Å². The summed E-state index contributed by atoms with van der Waals surface area (Å²) in [5, 5.41) is 4.92. The third-order valence-corrected chi connectivity index (χ3v) is 4.04. The van der Waals surface area contributed by atoms with E-state index in [0.29, 0.717) is 0 Å². The first kappa shape index (κ1) is 9.23. The van der Waals surface area contributed by atoms with E-state index in [1.54, 1.807) is 0 Å². The Morgan fingerprint density at radius 1 is 1.24 bits per heavy atom. The Morgan fingerprint density at radius 2 is 2.12 bits per heavy atom. The number of pyridine rings is 1. The molecule has 0 unspecified atom stereocenters. The molecule has 1 aliphatic carbocycles. The monoisotopic (exact) mass is 222 g/mol. The van der Waals surface area contributed by atoms with E-state index in [1.807, 2.05) is 0 Å². The van der Waals surface area contributed by atoms with Gasteiger partial charge in [0.15, 0.2) is 0 Å². The molecule has 2 heterocycles. The Bertz CT molecular complexity index is 796. The van der Waals surface area contributed by atoms with E-state index in [4.69, 9.17) is 4.98 Å². The van der Waals surface area contributed by atoms with Gasteiger partial charge in [-0.1, -0.05) is 18.7 Å². The molecule has 0 amide bonds. The minimum absolute atomic E-state index is 0.928. The van der Waals surface area contributed by atoms with E-state index in [0.717, 1.165) is 11.8 Å². The molecule has 84 valence electrons. The Balaban J connectivity index is 2.44. The predicted molar refractivity (Wildman–Crippen MR) is 71.0 cm³/mol. The Kier molecular flexibility index (Phi) is 1.57. The number of hydrogen-bond acceptors (Lipinski definition) is 1. The van der Waals surface area contributed by atoms with Gasteiger partial charge in [0.05, 0.1) is 11.0 Å². The molecule has 0 saturated carbocycles. The molecule has 0 bridgehead atoms. The Morgan fingerprint density at radius 3 is 3.00 bits per heavy atom. The van der Waals surface area contributed by atoms with Crippen molar-refractivity contribution >= 4 is 28.3 Å². The highest BCUT2D eigenvalue weighted by atomic mass is 15.0. The quantitative estimate of drug-likeness (QED) is 0.571. The highest BCUT2D eigenvalue weighted by Crippen LogP contribution is 2.35. The zero-order valence-corrected chi connectivity index (χ0v) is 9.95. The summed E-state index contributed by atoms with van der Waals surface area (Å²) in [6, 6.07) is 6.45. The maximum absolute atomic E-state index is 4.70. The summed E-state index contributed by atoms with van der Waals surface area (Å²) in [5.74, 6) is 0. The van der Waals surface area contributed by atoms with Gasteiger partial charge in [0.1, 0.15) is 0 Å². The lowest BCUT2D eigenvalue weighted by atomic mass is 9.96. The number of hydrogen-bond donors (Lipinski definition) is 0. The maximum Gasteiger partial charge on any atom is 0.0640 e. The standard InChI is InChI=1S/C15H14N2/c1-9-10-5-3-7-12-14(10)15-11(16-9)6-4-8-13(15)17(12)2/h3,5,7H,1,4,6,8H2,2H3. The van der Waals surface area contributed by atoms with Crippen LogP contribution in [0.4, 0.5) is 0 Å². The number of aryl methyl sites for hydroxylation is 3. The van der Waals surface area contributed by atoms with Crippen molar-refractivity contribution in [1.29, 1.82) is 0 Å². The lowest BCUT2D eigenvalue weighted by molar-refractivity contribution is 0.732. The molecule has 17 heavy (non-hydrogen) atoms. The molecule has 0 aliphatic heterocycles. The molecular formula is C15H14N2. The second-order valence-corrected chi connectivity index (χ2v) is 4.94. The van der Waals surface area contributed by atoms with Crippen molar-refractivity contribution in [2.24, 2.45) is 7.05 Å². The first-order valence-corrected chi connectivity index (χ1v) is 6.15. The smallest absolute Gasteiger partial charge is 0.0640 e. The molecule has 1 aromatic carbocycles. The largest absolute Gasteiger partial charge is 0.347 e. The van der Waals surface area contributed by atoms with Gasteiger partial charge in [-0.25, -0.2) is 0 Å². The molecular weight excluding hydrogens is 208 g/mol. The van der Waals surface area contributed by atoms with Gasteiger partial charge >= 0.3 is 0 Å². The molecule has 0 N–H and O–H groups in total. The molecule has 0 saturated heterocycles. The number of aromatic nitrogens is 2.